The number of methoxy groups -OCH3 is 1. The Bertz CT molecular complexity index is 932. The van der Waals surface area contributed by atoms with Gasteiger partial charge in [0.15, 0.2) is 0 Å². The van der Waals surface area contributed by atoms with Crippen molar-refractivity contribution in [2.45, 2.75) is 11.3 Å². The average molecular weight is 424 g/mol. The molecule has 1 aromatic heterocycles. The second kappa shape index (κ2) is 9.12. The van der Waals surface area contributed by atoms with E-state index in [1.165, 1.54) is 0 Å². The lowest BCUT2D eigenvalue weighted by Gasteiger charge is -2.03. The van der Waals surface area contributed by atoms with Gasteiger partial charge in [0.25, 0.3) is 5.89 Å². The summed E-state index contributed by atoms with van der Waals surface area (Å²) in [5.74, 6) is 1.40. The third-order valence-corrected chi connectivity index (χ3v) is 5.05. The highest BCUT2D eigenvalue weighted by atomic mass is 35.5. The molecule has 140 valence electrons. The number of thioether (sulfide) groups is 1. The van der Waals surface area contributed by atoms with Crippen molar-refractivity contribution in [3.05, 3.63) is 52.5 Å². The van der Waals surface area contributed by atoms with Gasteiger partial charge >= 0.3 is 6.01 Å². The minimum Gasteiger partial charge on any atom is -0.497 e. The molecule has 0 fully saturated rings. The third-order valence-electron chi connectivity index (χ3n) is 3.49. The zero-order chi connectivity index (χ0) is 19.2. The summed E-state index contributed by atoms with van der Waals surface area (Å²) in [7, 11) is 1.62. The number of nitrogens with one attached hydrogen (secondary N) is 1. The monoisotopic (exact) mass is 423 g/mol. The number of rotatable bonds is 7. The summed E-state index contributed by atoms with van der Waals surface area (Å²) in [4.78, 5) is 13.1. The molecular formula is C18H15Cl2N3O3S. The van der Waals surface area contributed by atoms with Crippen LogP contribution in [0.2, 0.25) is 10.0 Å². The Morgan fingerprint density at radius 1 is 1.19 bits per heavy atom. The molecule has 0 unspecified atom stereocenters. The summed E-state index contributed by atoms with van der Waals surface area (Å²) in [5.41, 5.74) is 0.545. The number of ether oxygens (including phenoxy) is 1. The zero-order valence-electron chi connectivity index (χ0n) is 14.2. The fourth-order valence-corrected chi connectivity index (χ4v) is 3.50. The Hall–Kier alpha value is -2.22. The Morgan fingerprint density at radius 2 is 1.96 bits per heavy atom. The predicted octanol–water partition coefficient (Wildman–Crippen LogP) is 5.17. The quantitative estimate of drug-likeness (QED) is 0.527. The number of anilines is 1. The standard InChI is InChI=1S/C18H15Cl2N3O3S/c1-25-12-3-5-13(6-4-12)27-9-8-16(24)21-18-23-22-17(26-18)14-7-2-11(19)10-15(14)20/h2-7,10H,8-9H2,1H3,(H,21,23,24). The van der Waals surface area contributed by atoms with E-state index in [0.717, 1.165) is 10.6 Å². The number of nitrogens with zero attached hydrogens (tertiary/aromatic N) is 2. The number of benzene rings is 2. The molecule has 27 heavy (non-hydrogen) atoms. The highest BCUT2D eigenvalue weighted by Crippen LogP contribution is 2.30. The van der Waals surface area contributed by atoms with Gasteiger partial charge in [-0.2, -0.15) is 0 Å². The highest BCUT2D eigenvalue weighted by molar-refractivity contribution is 7.99. The first-order valence-corrected chi connectivity index (χ1v) is 9.65. The van der Waals surface area contributed by atoms with Crippen molar-refractivity contribution in [3.63, 3.8) is 0 Å². The van der Waals surface area contributed by atoms with E-state index in [9.17, 15) is 4.79 Å². The molecule has 0 saturated carbocycles. The van der Waals surface area contributed by atoms with Crippen LogP contribution < -0.4 is 10.1 Å². The van der Waals surface area contributed by atoms with E-state index in [2.05, 4.69) is 15.5 Å². The van der Waals surface area contributed by atoms with Crippen LogP contribution in [0.5, 0.6) is 5.75 Å². The molecule has 0 spiro atoms. The average Bonchev–Trinajstić information content (AvgIpc) is 3.10. The van der Waals surface area contributed by atoms with Crippen molar-refractivity contribution in [1.29, 1.82) is 0 Å². The maximum atomic E-state index is 12.0. The molecule has 2 aromatic carbocycles. The van der Waals surface area contributed by atoms with Crippen molar-refractivity contribution in [2.24, 2.45) is 0 Å². The van der Waals surface area contributed by atoms with Gasteiger partial charge in [0.1, 0.15) is 5.75 Å². The number of carbonyl (C=O) groups excluding carboxylic acids is 1. The second-order valence-electron chi connectivity index (χ2n) is 5.36. The van der Waals surface area contributed by atoms with Crippen molar-refractivity contribution in [2.75, 3.05) is 18.2 Å². The fourth-order valence-electron chi connectivity index (χ4n) is 2.16. The van der Waals surface area contributed by atoms with Gasteiger partial charge < -0.3 is 9.15 Å². The minimum absolute atomic E-state index is 0.0236. The van der Waals surface area contributed by atoms with Crippen LogP contribution in [0.25, 0.3) is 11.5 Å². The lowest BCUT2D eigenvalue weighted by Crippen LogP contribution is -2.12. The van der Waals surface area contributed by atoms with Crippen molar-refractivity contribution < 1.29 is 13.9 Å². The van der Waals surface area contributed by atoms with Crippen LogP contribution in [0.15, 0.2) is 51.8 Å². The number of halogens is 2. The lowest BCUT2D eigenvalue weighted by molar-refractivity contribution is -0.115. The van der Waals surface area contributed by atoms with Gasteiger partial charge in [-0.25, -0.2) is 0 Å². The Kier molecular flexibility index (Phi) is 6.60. The lowest BCUT2D eigenvalue weighted by atomic mass is 10.2. The smallest absolute Gasteiger partial charge is 0.322 e. The first-order valence-electron chi connectivity index (χ1n) is 7.91. The number of hydrogen-bond donors (Lipinski definition) is 1. The molecule has 0 atom stereocenters. The third kappa shape index (κ3) is 5.38. The van der Waals surface area contributed by atoms with Crippen LogP contribution in [0.3, 0.4) is 0 Å². The van der Waals surface area contributed by atoms with Gasteiger partial charge in [0, 0.05) is 22.1 Å². The van der Waals surface area contributed by atoms with E-state index in [0.29, 0.717) is 27.8 Å². The molecule has 0 aliphatic heterocycles. The maximum Gasteiger partial charge on any atom is 0.322 e. The summed E-state index contributed by atoms with van der Waals surface area (Å²) in [6, 6.07) is 12.6. The molecule has 0 bridgehead atoms. The Labute approximate surface area is 170 Å². The van der Waals surface area contributed by atoms with Crippen LogP contribution in [0.4, 0.5) is 6.01 Å². The summed E-state index contributed by atoms with van der Waals surface area (Å²) in [6.45, 7) is 0. The molecule has 0 aliphatic carbocycles. The van der Waals surface area contributed by atoms with Gasteiger partial charge in [0.05, 0.1) is 17.7 Å². The van der Waals surface area contributed by atoms with Crippen LogP contribution in [0, 0.1) is 0 Å². The van der Waals surface area contributed by atoms with E-state index in [1.54, 1.807) is 37.1 Å². The molecule has 3 rings (SSSR count). The van der Waals surface area contributed by atoms with Crippen molar-refractivity contribution in [1.82, 2.24) is 10.2 Å². The molecule has 6 nitrogen and oxygen atoms in total. The minimum atomic E-state index is -0.214. The molecule has 1 N–H and O–H groups in total. The number of hydrogen-bond acceptors (Lipinski definition) is 6. The molecule has 0 radical (unpaired) electrons. The van der Waals surface area contributed by atoms with E-state index in [-0.39, 0.29) is 17.8 Å². The predicted molar refractivity (Wildman–Crippen MR) is 107 cm³/mol. The summed E-state index contributed by atoms with van der Waals surface area (Å²) < 4.78 is 10.6. The molecule has 0 aliphatic rings. The zero-order valence-corrected chi connectivity index (χ0v) is 16.6. The van der Waals surface area contributed by atoms with Gasteiger partial charge in [-0.15, -0.1) is 16.9 Å². The van der Waals surface area contributed by atoms with Crippen LogP contribution in [-0.2, 0) is 4.79 Å². The number of carbonyl (C=O) groups is 1. The second-order valence-corrected chi connectivity index (χ2v) is 7.37. The Balaban J connectivity index is 1.51. The van der Waals surface area contributed by atoms with Crippen molar-refractivity contribution in [3.8, 4) is 17.2 Å². The van der Waals surface area contributed by atoms with Crippen LogP contribution in [-0.4, -0.2) is 29.0 Å². The van der Waals surface area contributed by atoms with Crippen LogP contribution >= 0.6 is 35.0 Å². The molecule has 3 aromatic rings. The van der Waals surface area contributed by atoms with E-state index in [1.807, 2.05) is 24.3 Å². The fraction of sp³-hybridized carbons (Fsp3) is 0.167. The highest BCUT2D eigenvalue weighted by Gasteiger charge is 2.14. The van der Waals surface area contributed by atoms with Gasteiger partial charge in [0.2, 0.25) is 5.91 Å². The molecular weight excluding hydrogens is 409 g/mol. The molecule has 1 amide bonds. The topological polar surface area (TPSA) is 77.2 Å². The van der Waals surface area contributed by atoms with E-state index < -0.39 is 0 Å². The van der Waals surface area contributed by atoms with Gasteiger partial charge in [-0.1, -0.05) is 28.3 Å². The molecule has 0 saturated heterocycles. The van der Waals surface area contributed by atoms with Gasteiger partial charge in [-0.05, 0) is 42.5 Å². The Morgan fingerprint density at radius 3 is 2.67 bits per heavy atom. The number of aromatic nitrogens is 2. The van der Waals surface area contributed by atoms with E-state index in [4.69, 9.17) is 32.4 Å². The first-order chi connectivity index (χ1) is 13.0. The van der Waals surface area contributed by atoms with Crippen molar-refractivity contribution >= 4 is 46.9 Å². The van der Waals surface area contributed by atoms with E-state index >= 15 is 0 Å². The molecule has 1 heterocycles. The SMILES string of the molecule is COc1ccc(SCCC(=O)Nc2nnc(-c3ccc(Cl)cc3Cl)o2)cc1. The maximum absolute atomic E-state index is 12.0. The normalized spacial score (nSPS) is 10.6. The summed E-state index contributed by atoms with van der Waals surface area (Å²) in [5, 5.41) is 11.2. The first kappa shape index (κ1) is 19.5. The summed E-state index contributed by atoms with van der Waals surface area (Å²) >= 11 is 13.6. The largest absolute Gasteiger partial charge is 0.497 e. The summed E-state index contributed by atoms with van der Waals surface area (Å²) in [6.07, 6.45) is 0.302. The van der Waals surface area contributed by atoms with Gasteiger partial charge in [-0.3, -0.25) is 10.1 Å². The molecule has 9 heteroatoms. The van der Waals surface area contributed by atoms with Crippen LogP contribution in [0.1, 0.15) is 6.42 Å². The number of amides is 1.